The topological polar surface area (TPSA) is 92.3 Å². The highest BCUT2D eigenvalue weighted by Crippen LogP contribution is 2.39. The van der Waals surface area contributed by atoms with Crippen LogP contribution >= 0.6 is 0 Å². The lowest BCUT2D eigenvalue weighted by Crippen LogP contribution is -2.53. The molecule has 1 saturated heterocycles. The Kier molecular flexibility index (Phi) is 12.6. The Hall–Kier alpha value is -1.16. The van der Waals surface area contributed by atoms with Crippen molar-refractivity contribution < 1.29 is 33.3 Å². The third kappa shape index (κ3) is 10.5. The fourth-order valence-corrected chi connectivity index (χ4v) is 4.72. The van der Waals surface area contributed by atoms with Gasteiger partial charge >= 0.3 is 5.97 Å². The Morgan fingerprint density at radius 3 is 2.14 bits per heavy atom. The molecule has 0 bridgehead atoms. The van der Waals surface area contributed by atoms with E-state index in [1.54, 1.807) is 14.2 Å². The summed E-state index contributed by atoms with van der Waals surface area (Å²) in [6.45, 7) is 19.3. The second-order valence-corrected chi connectivity index (χ2v) is 13.1. The van der Waals surface area contributed by atoms with E-state index in [2.05, 4.69) is 39.9 Å². The summed E-state index contributed by atoms with van der Waals surface area (Å²) in [5.41, 5.74) is -0.933. The van der Waals surface area contributed by atoms with Crippen LogP contribution in [0.2, 0.25) is 0 Å². The molecule has 0 spiro atoms. The molecule has 0 aliphatic carbocycles. The van der Waals surface area contributed by atoms with Crippen LogP contribution in [0.15, 0.2) is 0 Å². The van der Waals surface area contributed by atoms with Gasteiger partial charge in [0.15, 0.2) is 6.61 Å². The van der Waals surface area contributed by atoms with Crippen LogP contribution in [-0.4, -0.2) is 83.6 Å². The molecule has 1 heterocycles. The van der Waals surface area contributed by atoms with Gasteiger partial charge in [0.1, 0.15) is 26.2 Å². The van der Waals surface area contributed by atoms with E-state index in [4.69, 9.17) is 31.5 Å². The molecule has 8 nitrogen and oxygen atoms in total. The average molecular weight is 526 g/mol. The van der Waals surface area contributed by atoms with Gasteiger partial charge in [0, 0.05) is 38.6 Å². The van der Waals surface area contributed by atoms with Crippen molar-refractivity contribution in [1.29, 1.82) is 0 Å². The number of rotatable bonds is 16. The quantitative estimate of drug-likeness (QED) is 0.240. The van der Waals surface area contributed by atoms with E-state index in [0.717, 1.165) is 19.3 Å². The molecular formula is C28H52BNO7. The number of nitrogens with one attached hydrogen (secondary N) is 1. The van der Waals surface area contributed by atoms with Crippen molar-refractivity contribution in [2.75, 3.05) is 34.0 Å². The lowest BCUT2D eigenvalue weighted by atomic mass is 9.72. The zero-order valence-electron chi connectivity index (χ0n) is 25.2. The SMILES string of the molecule is [B]C1OC(COC)C(OC)C1OC(C)(C)C(C)(C)CNC(=O)COC(=O)CCC(C)(C)CC(C)(C)CC. The van der Waals surface area contributed by atoms with Crippen molar-refractivity contribution in [2.24, 2.45) is 16.2 Å². The average Bonchev–Trinajstić information content (AvgIpc) is 3.07. The summed E-state index contributed by atoms with van der Waals surface area (Å²) < 4.78 is 28.3. The van der Waals surface area contributed by atoms with Crippen molar-refractivity contribution in [3.63, 3.8) is 0 Å². The van der Waals surface area contributed by atoms with Crippen LogP contribution in [0, 0.1) is 16.2 Å². The zero-order valence-corrected chi connectivity index (χ0v) is 25.2. The number of carbonyl (C=O) groups is 2. The van der Waals surface area contributed by atoms with Crippen LogP contribution in [0.5, 0.6) is 0 Å². The van der Waals surface area contributed by atoms with Crippen molar-refractivity contribution in [3.05, 3.63) is 0 Å². The smallest absolute Gasteiger partial charge is 0.306 e. The first-order valence-corrected chi connectivity index (χ1v) is 13.4. The molecule has 1 aliphatic rings. The monoisotopic (exact) mass is 525 g/mol. The largest absolute Gasteiger partial charge is 0.456 e. The second-order valence-electron chi connectivity index (χ2n) is 13.1. The highest BCUT2D eigenvalue weighted by Gasteiger charge is 2.48. The number of methoxy groups -OCH3 is 2. The predicted molar refractivity (Wildman–Crippen MR) is 145 cm³/mol. The Labute approximate surface area is 226 Å². The van der Waals surface area contributed by atoms with Gasteiger partial charge < -0.3 is 29.0 Å². The summed E-state index contributed by atoms with van der Waals surface area (Å²) in [6, 6.07) is -0.660. The van der Waals surface area contributed by atoms with Crippen molar-refractivity contribution in [2.45, 2.75) is 118 Å². The maximum atomic E-state index is 12.5. The second kappa shape index (κ2) is 13.8. The predicted octanol–water partition coefficient (Wildman–Crippen LogP) is 4.02. The molecule has 1 rings (SSSR count). The minimum atomic E-state index is -0.695. The molecule has 0 aromatic heterocycles. The summed E-state index contributed by atoms with van der Waals surface area (Å²) in [6.07, 6.45) is 1.92. The summed E-state index contributed by atoms with van der Waals surface area (Å²) in [5, 5.41) is 2.88. The fourth-order valence-electron chi connectivity index (χ4n) is 4.72. The molecule has 1 amide bonds. The number of carbonyl (C=O) groups excluding carboxylic acids is 2. The van der Waals surface area contributed by atoms with Crippen LogP contribution in [0.3, 0.4) is 0 Å². The lowest BCUT2D eigenvalue weighted by Gasteiger charge is -2.44. The van der Waals surface area contributed by atoms with Crippen LogP contribution < -0.4 is 5.32 Å². The van der Waals surface area contributed by atoms with Gasteiger partial charge in [0.05, 0.1) is 12.2 Å². The summed E-state index contributed by atoms with van der Waals surface area (Å²) in [7, 11) is 9.38. The Balaban J connectivity index is 2.56. The molecule has 9 heteroatoms. The first-order valence-electron chi connectivity index (χ1n) is 13.4. The van der Waals surface area contributed by atoms with Gasteiger partial charge in [-0.05, 0) is 37.5 Å². The van der Waals surface area contributed by atoms with Crippen molar-refractivity contribution in [3.8, 4) is 0 Å². The molecule has 4 unspecified atom stereocenters. The number of ether oxygens (including phenoxy) is 5. The Morgan fingerprint density at radius 2 is 1.59 bits per heavy atom. The zero-order chi connectivity index (χ0) is 28.7. The van der Waals surface area contributed by atoms with Crippen molar-refractivity contribution in [1.82, 2.24) is 5.32 Å². The third-order valence-electron chi connectivity index (χ3n) is 8.02. The van der Waals surface area contributed by atoms with Crippen molar-refractivity contribution >= 4 is 19.7 Å². The minimum absolute atomic E-state index is 0.0225. The van der Waals surface area contributed by atoms with Gasteiger partial charge in [0.25, 0.3) is 5.91 Å². The van der Waals surface area contributed by atoms with E-state index >= 15 is 0 Å². The molecule has 0 saturated carbocycles. The molecule has 2 radical (unpaired) electrons. The van der Waals surface area contributed by atoms with Gasteiger partial charge in [0.2, 0.25) is 0 Å². The molecule has 37 heavy (non-hydrogen) atoms. The number of hydrogen-bond acceptors (Lipinski definition) is 7. The van der Waals surface area contributed by atoms with E-state index in [-0.39, 0.29) is 41.5 Å². The Bertz CT molecular complexity index is 738. The van der Waals surface area contributed by atoms with E-state index in [1.165, 1.54) is 0 Å². The van der Waals surface area contributed by atoms with Gasteiger partial charge in [-0.3, -0.25) is 9.59 Å². The van der Waals surface area contributed by atoms with Gasteiger partial charge in [-0.1, -0.05) is 54.9 Å². The van der Waals surface area contributed by atoms with Gasteiger partial charge in [-0.15, -0.1) is 0 Å². The first kappa shape index (κ1) is 33.9. The van der Waals surface area contributed by atoms with Crippen LogP contribution in [0.25, 0.3) is 0 Å². The summed E-state index contributed by atoms with van der Waals surface area (Å²) >= 11 is 0. The molecule has 1 fully saturated rings. The third-order valence-corrected chi connectivity index (χ3v) is 8.02. The Morgan fingerprint density at radius 1 is 0.973 bits per heavy atom. The fraction of sp³-hybridized carbons (Fsp3) is 0.929. The normalized spacial score (nSPS) is 23.2. The van der Waals surface area contributed by atoms with E-state index < -0.39 is 23.1 Å². The lowest BCUT2D eigenvalue weighted by molar-refractivity contribution is -0.165. The maximum absolute atomic E-state index is 12.5. The van der Waals surface area contributed by atoms with E-state index in [1.807, 2.05) is 27.7 Å². The van der Waals surface area contributed by atoms with E-state index in [9.17, 15) is 9.59 Å². The molecule has 214 valence electrons. The minimum Gasteiger partial charge on any atom is -0.456 e. The number of amides is 1. The van der Waals surface area contributed by atoms with Crippen LogP contribution in [0.4, 0.5) is 0 Å². The standard InChI is InChI=1S/C28H52BNO7/c1-12-25(2,3)17-26(4,5)14-13-21(32)35-16-20(31)30-18-27(6,7)28(8,9)37-23-22(34-11)19(15-33-10)36-24(23)29/h19,22-24H,12-18H2,1-11H3,(H,30,31). The molecule has 0 aromatic carbocycles. The van der Waals surface area contributed by atoms with E-state index in [0.29, 0.717) is 19.6 Å². The molecular weight excluding hydrogens is 473 g/mol. The molecule has 1 N–H and O–H groups in total. The molecule has 0 aromatic rings. The highest BCUT2D eigenvalue weighted by atomic mass is 16.6. The van der Waals surface area contributed by atoms with Crippen LogP contribution in [-0.2, 0) is 33.3 Å². The number of hydrogen-bond donors (Lipinski definition) is 1. The molecule has 4 atom stereocenters. The highest BCUT2D eigenvalue weighted by molar-refractivity contribution is 6.11. The summed E-state index contributed by atoms with van der Waals surface area (Å²) in [5.74, 6) is -0.702. The summed E-state index contributed by atoms with van der Waals surface area (Å²) in [4.78, 5) is 24.7. The van der Waals surface area contributed by atoms with Gasteiger partial charge in [-0.25, -0.2) is 0 Å². The van der Waals surface area contributed by atoms with Crippen LogP contribution in [0.1, 0.15) is 88.0 Å². The molecule has 1 aliphatic heterocycles. The number of esters is 1. The first-order chi connectivity index (χ1) is 16.9. The van der Waals surface area contributed by atoms with Gasteiger partial charge in [-0.2, -0.15) is 0 Å². The maximum Gasteiger partial charge on any atom is 0.306 e.